The van der Waals surface area contributed by atoms with Crippen LogP contribution in [0.1, 0.15) is 47.9 Å². The van der Waals surface area contributed by atoms with Crippen LogP contribution in [0.15, 0.2) is 24.3 Å². The molecule has 0 aliphatic carbocycles. The van der Waals surface area contributed by atoms with Crippen molar-refractivity contribution < 1.29 is 9.18 Å². The molecule has 5 heteroatoms. The van der Waals surface area contributed by atoms with Gasteiger partial charge in [0, 0.05) is 13.0 Å². The van der Waals surface area contributed by atoms with Gasteiger partial charge in [-0.2, -0.15) is 0 Å². The van der Waals surface area contributed by atoms with Crippen LogP contribution in [-0.4, -0.2) is 21.3 Å². The summed E-state index contributed by atoms with van der Waals surface area (Å²) in [5.74, 6) is -0.265. The Morgan fingerprint density at radius 1 is 1.25 bits per heavy atom. The summed E-state index contributed by atoms with van der Waals surface area (Å²) in [4.78, 5) is 11.0. The number of aryl methyl sites for hydroxylation is 1. The number of benzene rings is 1. The summed E-state index contributed by atoms with van der Waals surface area (Å²) in [6.07, 6.45) is 4.51. The largest absolute Gasteiger partial charge is 0.296 e. The standard InChI is InChI=1S/C15H18FN3O/c1-2-3-4-9-19-15(14(11-20)17-18-19)10-12-5-7-13(16)8-6-12/h5-8,11H,2-4,9-10H2,1H3. The van der Waals surface area contributed by atoms with Crippen molar-refractivity contribution in [3.05, 3.63) is 47.0 Å². The fraction of sp³-hybridized carbons (Fsp3) is 0.400. The molecule has 0 amide bonds. The molecule has 0 atom stereocenters. The number of rotatable bonds is 7. The van der Waals surface area contributed by atoms with Gasteiger partial charge in [0.2, 0.25) is 0 Å². The number of aromatic nitrogens is 3. The average Bonchev–Trinajstić information content (AvgIpc) is 2.84. The maximum Gasteiger partial charge on any atom is 0.172 e. The van der Waals surface area contributed by atoms with Gasteiger partial charge in [0.1, 0.15) is 11.5 Å². The molecule has 1 aromatic carbocycles. The van der Waals surface area contributed by atoms with Gasteiger partial charge >= 0.3 is 0 Å². The predicted molar refractivity (Wildman–Crippen MR) is 74.1 cm³/mol. The quantitative estimate of drug-likeness (QED) is 0.576. The van der Waals surface area contributed by atoms with E-state index in [2.05, 4.69) is 17.2 Å². The van der Waals surface area contributed by atoms with Gasteiger partial charge in [-0.1, -0.05) is 37.1 Å². The van der Waals surface area contributed by atoms with Crippen LogP contribution in [0.25, 0.3) is 0 Å². The molecule has 2 rings (SSSR count). The van der Waals surface area contributed by atoms with Crippen LogP contribution in [0.5, 0.6) is 0 Å². The second-order valence-corrected chi connectivity index (χ2v) is 4.77. The summed E-state index contributed by atoms with van der Waals surface area (Å²) in [6, 6.07) is 6.27. The van der Waals surface area contributed by atoms with Gasteiger partial charge in [0.15, 0.2) is 6.29 Å². The summed E-state index contributed by atoms with van der Waals surface area (Å²) in [5.41, 5.74) is 2.10. The first-order valence-corrected chi connectivity index (χ1v) is 6.86. The molecule has 4 nitrogen and oxygen atoms in total. The van der Waals surface area contributed by atoms with Crippen molar-refractivity contribution >= 4 is 6.29 Å². The van der Waals surface area contributed by atoms with E-state index in [1.165, 1.54) is 12.1 Å². The van der Waals surface area contributed by atoms with E-state index in [0.717, 1.165) is 43.4 Å². The van der Waals surface area contributed by atoms with Crippen molar-refractivity contribution in [3.63, 3.8) is 0 Å². The number of carbonyl (C=O) groups excluding carboxylic acids is 1. The monoisotopic (exact) mass is 275 g/mol. The van der Waals surface area contributed by atoms with Crippen molar-refractivity contribution in [1.82, 2.24) is 15.0 Å². The smallest absolute Gasteiger partial charge is 0.172 e. The number of hydrogen-bond donors (Lipinski definition) is 0. The second kappa shape index (κ2) is 6.93. The zero-order valence-electron chi connectivity index (χ0n) is 11.6. The van der Waals surface area contributed by atoms with Gasteiger partial charge in [-0.3, -0.25) is 4.79 Å². The Labute approximate surface area is 117 Å². The average molecular weight is 275 g/mol. The van der Waals surface area contributed by atoms with Crippen LogP contribution in [0.3, 0.4) is 0 Å². The summed E-state index contributed by atoms with van der Waals surface area (Å²) < 4.78 is 14.7. The lowest BCUT2D eigenvalue weighted by molar-refractivity contribution is 0.111. The highest BCUT2D eigenvalue weighted by Crippen LogP contribution is 2.13. The van der Waals surface area contributed by atoms with Gasteiger partial charge in [-0.25, -0.2) is 9.07 Å². The van der Waals surface area contributed by atoms with Gasteiger partial charge in [-0.15, -0.1) is 5.10 Å². The van der Waals surface area contributed by atoms with Gasteiger partial charge in [-0.05, 0) is 24.1 Å². The minimum absolute atomic E-state index is 0.265. The number of carbonyl (C=O) groups is 1. The molecule has 0 unspecified atom stereocenters. The molecular weight excluding hydrogens is 257 g/mol. The molecule has 20 heavy (non-hydrogen) atoms. The lowest BCUT2D eigenvalue weighted by Crippen LogP contribution is -2.07. The highest BCUT2D eigenvalue weighted by molar-refractivity contribution is 5.73. The third-order valence-electron chi connectivity index (χ3n) is 3.24. The van der Waals surface area contributed by atoms with Crippen molar-refractivity contribution in [2.75, 3.05) is 0 Å². The molecule has 0 saturated heterocycles. The van der Waals surface area contributed by atoms with Crippen LogP contribution in [0.4, 0.5) is 4.39 Å². The summed E-state index contributed by atoms with van der Waals surface area (Å²) in [6.45, 7) is 2.89. The molecule has 0 bridgehead atoms. The maximum atomic E-state index is 12.9. The first-order chi connectivity index (χ1) is 9.74. The van der Waals surface area contributed by atoms with E-state index in [0.29, 0.717) is 12.1 Å². The Kier molecular flexibility index (Phi) is 4.98. The highest BCUT2D eigenvalue weighted by Gasteiger charge is 2.12. The summed E-state index contributed by atoms with van der Waals surface area (Å²) in [5, 5.41) is 7.93. The number of halogens is 1. The van der Waals surface area contributed by atoms with Crippen LogP contribution in [0.2, 0.25) is 0 Å². The van der Waals surface area contributed by atoms with E-state index in [-0.39, 0.29) is 5.82 Å². The van der Waals surface area contributed by atoms with Gasteiger partial charge in [0.05, 0.1) is 5.69 Å². The molecule has 0 N–H and O–H groups in total. The molecule has 0 spiro atoms. The van der Waals surface area contributed by atoms with E-state index in [1.807, 2.05) is 0 Å². The lowest BCUT2D eigenvalue weighted by Gasteiger charge is -2.06. The molecule has 1 heterocycles. The Balaban J connectivity index is 2.17. The van der Waals surface area contributed by atoms with Crippen molar-refractivity contribution in [3.8, 4) is 0 Å². The van der Waals surface area contributed by atoms with Crippen molar-refractivity contribution in [2.24, 2.45) is 0 Å². The molecule has 1 aromatic heterocycles. The first-order valence-electron chi connectivity index (χ1n) is 6.86. The molecule has 0 aliphatic heterocycles. The van der Waals surface area contributed by atoms with E-state index >= 15 is 0 Å². The number of hydrogen-bond acceptors (Lipinski definition) is 3. The lowest BCUT2D eigenvalue weighted by atomic mass is 10.1. The normalized spacial score (nSPS) is 10.7. The number of unbranched alkanes of at least 4 members (excludes halogenated alkanes) is 2. The Hall–Kier alpha value is -2.04. The minimum Gasteiger partial charge on any atom is -0.296 e. The van der Waals surface area contributed by atoms with Crippen LogP contribution in [-0.2, 0) is 13.0 Å². The molecular formula is C15H18FN3O. The van der Waals surface area contributed by atoms with Crippen LogP contribution >= 0.6 is 0 Å². The Bertz CT molecular complexity index is 563. The zero-order valence-corrected chi connectivity index (χ0v) is 11.6. The fourth-order valence-corrected chi connectivity index (χ4v) is 2.11. The highest BCUT2D eigenvalue weighted by atomic mass is 19.1. The van der Waals surface area contributed by atoms with Crippen molar-refractivity contribution in [2.45, 2.75) is 39.2 Å². The molecule has 0 fully saturated rings. The Morgan fingerprint density at radius 3 is 2.65 bits per heavy atom. The van der Waals surface area contributed by atoms with Gasteiger partial charge in [0.25, 0.3) is 0 Å². The minimum atomic E-state index is -0.265. The first kappa shape index (κ1) is 14.4. The van der Waals surface area contributed by atoms with Crippen LogP contribution < -0.4 is 0 Å². The molecule has 0 radical (unpaired) electrons. The Morgan fingerprint density at radius 2 is 2.00 bits per heavy atom. The van der Waals surface area contributed by atoms with E-state index in [4.69, 9.17) is 0 Å². The molecule has 0 aliphatic rings. The number of aldehydes is 1. The maximum absolute atomic E-state index is 12.9. The molecule has 106 valence electrons. The topological polar surface area (TPSA) is 47.8 Å². The molecule has 2 aromatic rings. The third-order valence-corrected chi connectivity index (χ3v) is 3.24. The third kappa shape index (κ3) is 3.50. The van der Waals surface area contributed by atoms with Crippen molar-refractivity contribution in [1.29, 1.82) is 0 Å². The SMILES string of the molecule is CCCCCn1nnc(C=O)c1Cc1ccc(F)cc1. The zero-order chi connectivity index (χ0) is 14.4. The summed E-state index contributed by atoms with van der Waals surface area (Å²) >= 11 is 0. The van der Waals surface area contributed by atoms with Crippen LogP contribution in [0, 0.1) is 5.82 Å². The van der Waals surface area contributed by atoms with E-state index in [1.54, 1.807) is 16.8 Å². The molecule has 0 saturated carbocycles. The summed E-state index contributed by atoms with van der Waals surface area (Å²) in [7, 11) is 0. The predicted octanol–water partition coefficient (Wildman–Crippen LogP) is 3.01. The van der Waals surface area contributed by atoms with Gasteiger partial charge < -0.3 is 0 Å². The van der Waals surface area contributed by atoms with E-state index in [9.17, 15) is 9.18 Å². The van der Waals surface area contributed by atoms with E-state index < -0.39 is 0 Å². The number of nitrogens with zero attached hydrogens (tertiary/aromatic N) is 3. The second-order valence-electron chi connectivity index (χ2n) is 4.77. The fourth-order valence-electron chi connectivity index (χ4n) is 2.11.